The van der Waals surface area contributed by atoms with E-state index < -0.39 is 23.2 Å². The lowest BCUT2D eigenvalue weighted by atomic mass is 10.0. The number of carbonyl (C=O) groups excluding carboxylic acids is 1. The maximum absolute atomic E-state index is 12.9. The lowest BCUT2D eigenvalue weighted by Crippen LogP contribution is -2.56. The van der Waals surface area contributed by atoms with Crippen LogP contribution in [0.15, 0.2) is 54.6 Å². The van der Waals surface area contributed by atoms with E-state index in [0.29, 0.717) is 5.75 Å². The molecule has 0 aromatic heterocycles. The molecular weight excluding hydrogens is 301 g/mol. The summed E-state index contributed by atoms with van der Waals surface area (Å²) >= 11 is 0. The zero-order valence-electron chi connectivity index (χ0n) is 12.5. The maximum Gasteiger partial charge on any atom is 0.332 e. The van der Waals surface area contributed by atoms with Gasteiger partial charge in [-0.1, -0.05) is 18.2 Å². The molecule has 120 valence electrons. The average Bonchev–Trinajstić information content (AvgIpc) is 2.54. The summed E-state index contributed by atoms with van der Waals surface area (Å²) in [4.78, 5) is 23.6. The molecule has 0 aliphatic heterocycles. The van der Waals surface area contributed by atoms with Gasteiger partial charge in [0.05, 0.1) is 0 Å². The van der Waals surface area contributed by atoms with Crippen molar-refractivity contribution in [3.8, 4) is 5.75 Å². The van der Waals surface area contributed by atoms with Gasteiger partial charge in [0.1, 0.15) is 18.2 Å². The minimum absolute atomic E-state index is 0.165. The summed E-state index contributed by atoms with van der Waals surface area (Å²) in [5.74, 6) is -1.83. The second kappa shape index (κ2) is 6.91. The predicted octanol–water partition coefficient (Wildman–Crippen LogP) is 2.48. The van der Waals surface area contributed by atoms with Crippen molar-refractivity contribution in [1.82, 2.24) is 5.32 Å². The fraction of sp³-hybridized carbons (Fsp3) is 0.176. The highest BCUT2D eigenvalue weighted by molar-refractivity contribution is 5.97. The van der Waals surface area contributed by atoms with E-state index in [-0.39, 0.29) is 12.2 Å². The Kier molecular flexibility index (Phi) is 4.95. The first-order valence-corrected chi connectivity index (χ1v) is 6.90. The molecule has 0 heterocycles. The third kappa shape index (κ3) is 4.29. The van der Waals surface area contributed by atoms with Crippen molar-refractivity contribution in [2.45, 2.75) is 12.5 Å². The molecule has 2 aromatic carbocycles. The van der Waals surface area contributed by atoms with Crippen molar-refractivity contribution in [2.75, 3.05) is 6.61 Å². The zero-order valence-corrected chi connectivity index (χ0v) is 12.5. The first-order chi connectivity index (χ1) is 10.9. The molecule has 5 nitrogen and oxygen atoms in total. The summed E-state index contributed by atoms with van der Waals surface area (Å²) in [6.45, 7) is 1.10. The normalized spacial score (nSPS) is 13.0. The van der Waals surface area contributed by atoms with E-state index in [0.717, 1.165) is 12.1 Å². The lowest BCUT2D eigenvalue weighted by molar-refractivity contribution is -0.145. The number of ether oxygens (including phenoxy) is 1. The third-order valence-corrected chi connectivity index (χ3v) is 3.24. The molecule has 0 spiro atoms. The highest BCUT2D eigenvalue weighted by Crippen LogP contribution is 2.14. The van der Waals surface area contributed by atoms with E-state index in [9.17, 15) is 19.1 Å². The minimum atomic E-state index is -1.62. The SMILES string of the molecule is C[C@@](COc1ccccc1)(NC(=O)c1ccc(F)cc1)C(=O)O. The van der Waals surface area contributed by atoms with E-state index in [1.54, 1.807) is 30.3 Å². The quantitative estimate of drug-likeness (QED) is 0.858. The number of carbonyl (C=O) groups is 2. The van der Waals surface area contributed by atoms with Gasteiger partial charge in [-0.25, -0.2) is 9.18 Å². The Bertz CT molecular complexity index is 687. The average molecular weight is 317 g/mol. The molecule has 2 rings (SSSR count). The number of benzene rings is 2. The molecule has 0 unspecified atom stereocenters. The van der Waals surface area contributed by atoms with Crippen LogP contribution in [0.25, 0.3) is 0 Å². The minimum Gasteiger partial charge on any atom is -0.491 e. The Balaban J connectivity index is 2.09. The van der Waals surface area contributed by atoms with Crippen LogP contribution in [0.3, 0.4) is 0 Å². The van der Waals surface area contributed by atoms with Gasteiger partial charge in [0.15, 0.2) is 5.54 Å². The molecule has 23 heavy (non-hydrogen) atoms. The van der Waals surface area contributed by atoms with Gasteiger partial charge in [-0.05, 0) is 43.3 Å². The monoisotopic (exact) mass is 317 g/mol. The fourth-order valence-electron chi connectivity index (χ4n) is 1.82. The van der Waals surface area contributed by atoms with Crippen LogP contribution >= 0.6 is 0 Å². The number of carboxylic acids is 1. The lowest BCUT2D eigenvalue weighted by Gasteiger charge is -2.26. The number of halogens is 1. The highest BCUT2D eigenvalue weighted by atomic mass is 19.1. The molecule has 0 saturated carbocycles. The smallest absolute Gasteiger partial charge is 0.332 e. The Morgan fingerprint density at radius 1 is 1.13 bits per heavy atom. The van der Waals surface area contributed by atoms with Gasteiger partial charge in [-0.2, -0.15) is 0 Å². The van der Waals surface area contributed by atoms with Crippen LogP contribution < -0.4 is 10.1 Å². The number of para-hydroxylation sites is 1. The van der Waals surface area contributed by atoms with Crippen molar-refractivity contribution in [3.63, 3.8) is 0 Å². The van der Waals surface area contributed by atoms with Gasteiger partial charge < -0.3 is 15.2 Å². The van der Waals surface area contributed by atoms with E-state index in [2.05, 4.69) is 5.32 Å². The largest absolute Gasteiger partial charge is 0.491 e. The van der Waals surface area contributed by atoms with Gasteiger partial charge in [0, 0.05) is 5.56 Å². The first-order valence-electron chi connectivity index (χ1n) is 6.90. The van der Waals surface area contributed by atoms with Crippen molar-refractivity contribution < 1.29 is 23.8 Å². The zero-order chi connectivity index (χ0) is 16.9. The second-order valence-electron chi connectivity index (χ2n) is 5.20. The molecule has 0 aliphatic rings. The Morgan fingerprint density at radius 2 is 1.74 bits per heavy atom. The van der Waals surface area contributed by atoms with Gasteiger partial charge in [0.2, 0.25) is 0 Å². The van der Waals surface area contributed by atoms with Crippen LogP contribution in [-0.2, 0) is 4.79 Å². The van der Waals surface area contributed by atoms with Crippen LogP contribution in [0.5, 0.6) is 5.75 Å². The highest BCUT2D eigenvalue weighted by Gasteiger charge is 2.36. The molecule has 0 bridgehead atoms. The first kappa shape index (κ1) is 16.5. The predicted molar refractivity (Wildman–Crippen MR) is 81.8 cm³/mol. The van der Waals surface area contributed by atoms with Crippen molar-refractivity contribution in [2.24, 2.45) is 0 Å². The maximum atomic E-state index is 12.9. The Morgan fingerprint density at radius 3 is 2.30 bits per heavy atom. The summed E-state index contributed by atoms with van der Waals surface area (Å²) in [5.41, 5.74) is -1.46. The summed E-state index contributed by atoms with van der Waals surface area (Å²) < 4.78 is 18.3. The third-order valence-electron chi connectivity index (χ3n) is 3.24. The molecule has 0 radical (unpaired) electrons. The number of hydrogen-bond donors (Lipinski definition) is 2. The molecule has 6 heteroatoms. The van der Waals surface area contributed by atoms with Crippen LogP contribution in [0.4, 0.5) is 4.39 Å². The molecule has 0 saturated heterocycles. The number of aliphatic carboxylic acids is 1. The summed E-state index contributed by atoms with van der Waals surface area (Å²) in [6, 6.07) is 13.5. The van der Waals surface area contributed by atoms with Crippen molar-refractivity contribution in [3.05, 3.63) is 66.0 Å². The fourth-order valence-corrected chi connectivity index (χ4v) is 1.82. The molecule has 0 fully saturated rings. The molecule has 1 amide bonds. The molecule has 2 N–H and O–H groups in total. The van der Waals surface area contributed by atoms with Crippen LogP contribution in [0.2, 0.25) is 0 Å². The van der Waals surface area contributed by atoms with Crippen molar-refractivity contribution in [1.29, 1.82) is 0 Å². The van der Waals surface area contributed by atoms with Crippen molar-refractivity contribution >= 4 is 11.9 Å². The topological polar surface area (TPSA) is 75.6 Å². The molecule has 2 aromatic rings. The standard InChI is InChI=1S/C17H16FNO4/c1-17(16(21)22,11-23-14-5-3-2-4-6-14)19-15(20)12-7-9-13(18)10-8-12/h2-10H,11H2,1H3,(H,19,20)(H,21,22)/t17-/m0/s1. The Labute approximate surface area is 132 Å². The molecule has 0 aliphatic carbocycles. The second-order valence-corrected chi connectivity index (χ2v) is 5.20. The number of amides is 1. The van der Waals surface area contributed by atoms with Crippen LogP contribution in [-0.4, -0.2) is 29.1 Å². The molecule has 1 atom stereocenters. The van der Waals surface area contributed by atoms with Crippen LogP contribution in [0, 0.1) is 5.82 Å². The van der Waals surface area contributed by atoms with Crippen LogP contribution in [0.1, 0.15) is 17.3 Å². The van der Waals surface area contributed by atoms with Gasteiger partial charge in [-0.15, -0.1) is 0 Å². The molecular formula is C17H16FNO4. The Hall–Kier alpha value is -2.89. The number of hydrogen-bond acceptors (Lipinski definition) is 3. The number of nitrogens with one attached hydrogen (secondary N) is 1. The van der Waals surface area contributed by atoms with Gasteiger partial charge >= 0.3 is 5.97 Å². The number of rotatable bonds is 6. The number of carboxylic acid groups (broad SMARTS) is 1. The van der Waals surface area contributed by atoms with E-state index in [1.165, 1.54) is 19.1 Å². The van der Waals surface area contributed by atoms with E-state index in [4.69, 9.17) is 4.74 Å². The van der Waals surface area contributed by atoms with E-state index >= 15 is 0 Å². The summed E-state index contributed by atoms with van der Waals surface area (Å²) in [5, 5.41) is 11.8. The van der Waals surface area contributed by atoms with E-state index in [1.807, 2.05) is 0 Å². The van der Waals surface area contributed by atoms with Gasteiger partial charge in [0.25, 0.3) is 5.91 Å². The summed E-state index contributed by atoms with van der Waals surface area (Å²) in [6.07, 6.45) is 0. The summed E-state index contributed by atoms with van der Waals surface area (Å²) in [7, 11) is 0. The van der Waals surface area contributed by atoms with Gasteiger partial charge in [-0.3, -0.25) is 4.79 Å².